The number of ether oxygens (including phenoxy) is 1. The van der Waals surface area contributed by atoms with E-state index in [2.05, 4.69) is 15.1 Å². The summed E-state index contributed by atoms with van der Waals surface area (Å²) in [7, 11) is 0. The SMILES string of the molecule is CCCN(Cc1ccc(C)cc1)C(=O)COC(=O)c1nc2nc(C)cc(C)n2n1. The van der Waals surface area contributed by atoms with Crippen molar-refractivity contribution in [2.75, 3.05) is 13.2 Å². The van der Waals surface area contributed by atoms with Crippen LogP contribution in [-0.2, 0) is 16.1 Å². The number of hydrogen-bond acceptors (Lipinski definition) is 6. The van der Waals surface area contributed by atoms with E-state index in [1.54, 1.807) is 4.90 Å². The van der Waals surface area contributed by atoms with Gasteiger partial charge in [0.05, 0.1) is 0 Å². The summed E-state index contributed by atoms with van der Waals surface area (Å²) in [5.41, 5.74) is 3.78. The van der Waals surface area contributed by atoms with Gasteiger partial charge in [-0.1, -0.05) is 36.8 Å². The smallest absolute Gasteiger partial charge is 0.378 e. The van der Waals surface area contributed by atoms with E-state index in [9.17, 15) is 9.59 Å². The number of nitrogens with zero attached hydrogens (tertiary/aromatic N) is 5. The molecule has 8 nitrogen and oxygen atoms in total. The van der Waals surface area contributed by atoms with Crippen LogP contribution in [0, 0.1) is 20.8 Å². The lowest BCUT2D eigenvalue weighted by molar-refractivity contribution is -0.135. The minimum atomic E-state index is -0.743. The highest BCUT2D eigenvalue weighted by Gasteiger charge is 2.20. The van der Waals surface area contributed by atoms with Crippen molar-refractivity contribution >= 4 is 17.7 Å². The number of fused-ring (bicyclic) bond motifs is 1. The molecule has 0 saturated heterocycles. The van der Waals surface area contributed by atoms with Gasteiger partial charge in [-0.05, 0) is 38.8 Å². The standard InChI is InChI=1S/C21H25N5O3/c1-5-10-25(12-17-8-6-14(2)7-9-17)18(27)13-29-20(28)19-23-21-22-15(3)11-16(4)26(21)24-19/h6-9,11H,5,10,12-13H2,1-4H3. The summed E-state index contributed by atoms with van der Waals surface area (Å²) in [5, 5.41) is 4.13. The van der Waals surface area contributed by atoms with Crippen LogP contribution in [0.2, 0.25) is 0 Å². The Labute approximate surface area is 169 Å². The number of benzene rings is 1. The van der Waals surface area contributed by atoms with Crippen molar-refractivity contribution in [1.82, 2.24) is 24.5 Å². The molecule has 1 aromatic carbocycles. The van der Waals surface area contributed by atoms with E-state index in [4.69, 9.17) is 4.74 Å². The molecule has 152 valence electrons. The van der Waals surface area contributed by atoms with Crippen LogP contribution in [0.4, 0.5) is 0 Å². The van der Waals surface area contributed by atoms with Gasteiger partial charge < -0.3 is 9.64 Å². The van der Waals surface area contributed by atoms with Crippen molar-refractivity contribution in [3.8, 4) is 0 Å². The van der Waals surface area contributed by atoms with E-state index >= 15 is 0 Å². The molecule has 0 bridgehead atoms. The molecule has 0 radical (unpaired) electrons. The molecule has 2 aromatic heterocycles. The Morgan fingerprint density at radius 2 is 1.83 bits per heavy atom. The maximum atomic E-state index is 12.6. The fourth-order valence-corrected chi connectivity index (χ4v) is 3.01. The molecule has 0 fully saturated rings. The molecule has 0 aliphatic carbocycles. The summed E-state index contributed by atoms with van der Waals surface area (Å²) >= 11 is 0. The number of aromatic nitrogens is 4. The third kappa shape index (κ3) is 4.96. The van der Waals surface area contributed by atoms with Crippen LogP contribution >= 0.6 is 0 Å². The predicted molar refractivity (Wildman–Crippen MR) is 107 cm³/mol. The first-order valence-corrected chi connectivity index (χ1v) is 9.59. The zero-order valence-corrected chi connectivity index (χ0v) is 17.2. The predicted octanol–water partition coefficient (Wildman–Crippen LogP) is 2.65. The van der Waals surface area contributed by atoms with Gasteiger partial charge in [-0.3, -0.25) is 4.79 Å². The highest BCUT2D eigenvalue weighted by Crippen LogP contribution is 2.09. The van der Waals surface area contributed by atoms with Crippen LogP contribution in [0.1, 0.15) is 46.5 Å². The zero-order chi connectivity index (χ0) is 21.0. The van der Waals surface area contributed by atoms with Gasteiger partial charge in [-0.25, -0.2) is 14.3 Å². The van der Waals surface area contributed by atoms with Gasteiger partial charge in [0.1, 0.15) is 0 Å². The summed E-state index contributed by atoms with van der Waals surface area (Å²) in [4.78, 5) is 35.0. The molecule has 8 heteroatoms. The van der Waals surface area contributed by atoms with Crippen LogP contribution in [0.15, 0.2) is 30.3 Å². The van der Waals surface area contributed by atoms with Crippen molar-refractivity contribution < 1.29 is 14.3 Å². The molecular weight excluding hydrogens is 370 g/mol. The molecule has 0 atom stereocenters. The van der Waals surface area contributed by atoms with Gasteiger partial charge in [0, 0.05) is 24.5 Å². The summed E-state index contributed by atoms with van der Waals surface area (Å²) in [6, 6.07) is 9.85. The van der Waals surface area contributed by atoms with Crippen molar-refractivity contribution in [3.05, 3.63) is 58.7 Å². The second kappa shape index (κ2) is 8.81. The first-order valence-electron chi connectivity index (χ1n) is 9.59. The van der Waals surface area contributed by atoms with Crippen molar-refractivity contribution in [2.45, 2.75) is 40.7 Å². The Morgan fingerprint density at radius 3 is 2.52 bits per heavy atom. The Hall–Kier alpha value is -3.29. The number of aryl methyl sites for hydroxylation is 3. The van der Waals surface area contributed by atoms with Gasteiger partial charge in [0.2, 0.25) is 0 Å². The minimum absolute atomic E-state index is 0.112. The lowest BCUT2D eigenvalue weighted by Crippen LogP contribution is -2.35. The van der Waals surface area contributed by atoms with Gasteiger partial charge in [-0.15, -0.1) is 5.10 Å². The molecule has 1 amide bonds. The average molecular weight is 395 g/mol. The number of amides is 1. The van der Waals surface area contributed by atoms with E-state index in [0.717, 1.165) is 28.9 Å². The highest BCUT2D eigenvalue weighted by atomic mass is 16.5. The topological polar surface area (TPSA) is 89.7 Å². The fraction of sp³-hybridized carbons (Fsp3) is 0.381. The van der Waals surface area contributed by atoms with E-state index < -0.39 is 5.97 Å². The first kappa shape index (κ1) is 20.4. The average Bonchev–Trinajstić information content (AvgIpc) is 3.11. The molecular formula is C21H25N5O3. The molecule has 2 heterocycles. The summed E-state index contributed by atoms with van der Waals surface area (Å²) in [6.07, 6.45) is 0.809. The quantitative estimate of drug-likeness (QED) is 0.571. The molecule has 0 N–H and O–H groups in total. The van der Waals surface area contributed by atoms with E-state index in [1.165, 1.54) is 4.52 Å². The third-order valence-electron chi connectivity index (χ3n) is 4.47. The molecule has 0 saturated carbocycles. The molecule has 0 aliphatic heterocycles. The monoisotopic (exact) mass is 395 g/mol. The van der Waals surface area contributed by atoms with Gasteiger partial charge in [0.15, 0.2) is 6.61 Å². The van der Waals surface area contributed by atoms with E-state index in [-0.39, 0.29) is 18.3 Å². The molecule has 3 rings (SSSR count). The molecule has 0 aliphatic rings. The maximum absolute atomic E-state index is 12.6. The number of carbonyl (C=O) groups is 2. The largest absolute Gasteiger partial charge is 0.450 e. The lowest BCUT2D eigenvalue weighted by atomic mass is 10.1. The van der Waals surface area contributed by atoms with Crippen LogP contribution < -0.4 is 0 Å². The van der Waals surface area contributed by atoms with Crippen LogP contribution in [0.3, 0.4) is 0 Å². The van der Waals surface area contributed by atoms with E-state index in [0.29, 0.717) is 18.9 Å². The third-order valence-corrected chi connectivity index (χ3v) is 4.47. The normalized spacial score (nSPS) is 10.9. The van der Waals surface area contributed by atoms with Crippen LogP contribution in [0.25, 0.3) is 5.78 Å². The van der Waals surface area contributed by atoms with Crippen LogP contribution in [-0.4, -0.2) is 49.5 Å². The molecule has 0 spiro atoms. The van der Waals surface area contributed by atoms with Gasteiger partial charge in [0.25, 0.3) is 17.5 Å². The van der Waals surface area contributed by atoms with Crippen molar-refractivity contribution in [1.29, 1.82) is 0 Å². The Kier molecular flexibility index (Phi) is 6.21. The number of esters is 1. The Bertz CT molecular complexity index is 1030. The first-order chi connectivity index (χ1) is 13.9. The summed E-state index contributed by atoms with van der Waals surface area (Å²) in [5.74, 6) is -0.783. The van der Waals surface area contributed by atoms with Gasteiger partial charge >= 0.3 is 5.97 Å². The number of rotatable bonds is 7. The van der Waals surface area contributed by atoms with Crippen molar-refractivity contribution in [2.24, 2.45) is 0 Å². The van der Waals surface area contributed by atoms with Crippen LogP contribution in [0.5, 0.6) is 0 Å². The number of hydrogen-bond donors (Lipinski definition) is 0. The second-order valence-electron chi connectivity index (χ2n) is 7.06. The Morgan fingerprint density at radius 1 is 1.10 bits per heavy atom. The molecule has 0 unspecified atom stereocenters. The van der Waals surface area contributed by atoms with Gasteiger partial charge in [-0.2, -0.15) is 4.98 Å². The van der Waals surface area contributed by atoms with Crippen molar-refractivity contribution in [3.63, 3.8) is 0 Å². The molecule has 3 aromatic rings. The lowest BCUT2D eigenvalue weighted by Gasteiger charge is -2.22. The minimum Gasteiger partial charge on any atom is -0.450 e. The maximum Gasteiger partial charge on any atom is 0.378 e. The molecule has 29 heavy (non-hydrogen) atoms. The summed E-state index contributed by atoms with van der Waals surface area (Å²) < 4.78 is 6.66. The fourth-order valence-electron chi connectivity index (χ4n) is 3.01. The van der Waals surface area contributed by atoms with E-state index in [1.807, 2.05) is 58.0 Å². The second-order valence-corrected chi connectivity index (χ2v) is 7.06. The zero-order valence-electron chi connectivity index (χ0n) is 17.2. The number of carbonyl (C=O) groups excluding carboxylic acids is 2. The Balaban J connectivity index is 1.65. The summed E-state index contributed by atoms with van der Waals surface area (Å²) in [6.45, 7) is 8.41. The highest BCUT2D eigenvalue weighted by molar-refractivity contribution is 5.88.